The van der Waals surface area contributed by atoms with Gasteiger partial charge in [0.15, 0.2) is 12.4 Å². The van der Waals surface area contributed by atoms with Gasteiger partial charge in [0.2, 0.25) is 0 Å². The minimum atomic E-state index is -0.150. The largest absolute Gasteiger partial charge is 0.484 e. The topological polar surface area (TPSA) is 55.4 Å². The summed E-state index contributed by atoms with van der Waals surface area (Å²) in [5.74, 6) is 0.526. The lowest BCUT2D eigenvalue weighted by molar-refractivity contribution is -0.123. The minimum absolute atomic E-state index is 0.0319. The zero-order valence-corrected chi connectivity index (χ0v) is 14.2. The molecule has 23 heavy (non-hydrogen) atoms. The predicted molar refractivity (Wildman–Crippen MR) is 92.2 cm³/mol. The highest BCUT2D eigenvalue weighted by Gasteiger charge is 2.10. The summed E-state index contributed by atoms with van der Waals surface area (Å²) in [5.41, 5.74) is 0.661. The lowest BCUT2D eigenvalue weighted by Crippen LogP contribution is -2.37. The number of ketones is 1. The number of nitrogens with one attached hydrogen (secondary N) is 1. The molecule has 2 rings (SSSR count). The van der Waals surface area contributed by atoms with Crippen LogP contribution in [0.15, 0.2) is 41.8 Å². The fourth-order valence-electron chi connectivity index (χ4n) is 2.19. The van der Waals surface area contributed by atoms with Crippen molar-refractivity contribution in [2.75, 3.05) is 6.61 Å². The maximum Gasteiger partial charge on any atom is 0.258 e. The second-order valence-electron chi connectivity index (χ2n) is 5.34. The maximum absolute atomic E-state index is 11.9. The Bertz CT molecular complexity index is 635. The third-order valence-corrected chi connectivity index (χ3v) is 4.26. The van der Waals surface area contributed by atoms with Crippen molar-refractivity contribution in [1.82, 2.24) is 5.32 Å². The van der Waals surface area contributed by atoms with E-state index in [1.807, 2.05) is 25.3 Å². The third kappa shape index (κ3) is 5.53. The van der Waals surface area contributed by atoms with E-state index in [2.05, 4.69) is 11.4 Å². The van der Waals surface area contributed by atoms with Gasteiger partial charge in [0.05, 0.1) is 0 Å². The van der Waals surface area contributed by atoms with Crippen molar-refractivity contribution >= 4 is 23.0 Å². The Hall–Kier alpha value is -2.14. The summed E-state index contributed by atoms with van der Waals surface area (Å²) in [6, 6.07) is 11.0. The lowest BCUT2D eigenvalue weighted by atomic mass is 10.1. The third-order valence-electron chi connectivity index (χ3n) is 3.36. The molecule has 0 aliphatic heterocycles. The molecule has 0 bridgehead atoms. The summed E-state index contributed by atoms with van der Waals surface area (Å²) in [6.45, 7) is 3.77. The molecule has 122 valence electrons. The molecule has 5 heteroatoms. The van der Waals surface area contributed by atoms with Crippen LogP contribution in [0, 0.1) is 0 Å². The van der Waals surface area contributed by atoms with Crippen molar-refractivity contribution in [2.45, 2.75) is 32.7 Å². The number of Topliss-reactive ketones (excluding diaryl/α,β-unsaturated/α-hetero) is 1. The van der Waals surface area contributed by atoms with E-state index in [0.29, 0.717) is 17.7 Å². The van der Waals surface area contributed by atoms with Crippen molar-refractivity contribution in [3.05, 3.63) is 52.2 Å². The average Bonchev–Trinajstić information content (AvgIpc) is 3.05. The highest BCUT2D eigenvalue weighted by Crippen LogP contribution is 2.14. The Balaban J connectivity index is 1.76. The highest BCUT2D eigenvalue weighted by atomic mass is 32.1. The summed E-state index contributed by atoms with van der Waals surface area (Å²) in [6.07, 6.45) is 1.29. The first-order chi connectivity index (χ1) is 11.1. The molecule has 0 saturated heterocycles. The normalized spacial score (nSPS) is 11.7. The number of hydrogen-bond acceptors (Lipinski definition) is 4. The molecule has 0 radical (unpaired) electrons. The molecular formula is C18H21NO3S. The Morgan fingerprint density at radius 2 is 1.96 bits per heavy atom. The molecule has 0 spiro atoms. The molecular weight excluding hydrogens is 310 g/mol. The summed E-state index contributed by atoms with van der Waals surface area (Å²) in [4.78, 5) is 24.7. The van der Waals surface area contributed by atoms with Gasteiger partial charge in [-0.1, -0.05) is 13.0 Å². The summed E-state index contributed by atoms with van der Waals surface area (Å²) >= 11 is 1.68. The van der Waals surface area contributed by atoms with Crippen molar-refractivity contribution in [3.8, 4) is 5.75 Å². The Morgan fingerprint density at radius 1 is 1.22 bits per heavy atom. The Morgan fingerprint density at radius 3 is 2.57 bits per heavy atom. The molecule has 1 aromatic heterocycles. The van der Waals surface area contributed by atoms with Gasteiger partial charge in [-0.15, -0.1) is 11.3 Å². The van der Waals surface area contributed by atoms with Crippen LogP contribution in [0.3, 0.4) is 0 Å². The van der Waals surface area contributed by atoms with Gasteiger partial charge in [0, 0.05) is 29.3 Å². The van der Waals surface area contributed by atoms with Gasteiger partial charge in [-0.25, -0.2) is 0 Å². The molecule has 0 fully saturated rings. The minimum Gasteiger partial charge on any atom is -0.484 e. The average molecular weight is 331 g/mol. The van der Waals surface area contributed by atoms with E-state index in [1.54, 1.807) is 35.6 Å². The summed E-state index contributed by atoms with van der Waals surface area (Å²) in [7, 11) is 0. The molecule has 4 nitrogen and oxygen atoms in total. The molecule has 0 unspecified atom stereocenters. The van der Waals surface area contributed by atoms with Crippen LogP contribution in [-0.2, 0) is 11.2 Å². The van der Waals surface area contributed by atoms with Gasteiger partial charge < -0.3 is 10.1 Å². The predicted octanol–water partition coefficient (Wildman–Crippen LogP) is 3.47. The van der Waals surface area contributed by atoms with E-state index >= 15 is 0 Å². The molecule has 2 aromatic rings. The number of carbonyl (C=O) groups is 2. The second kappa shape index (κ2) is 8.48. The SMILES string of the molecule is CCC(=O)c1ccc(OCC(=O)N[C@H](C)Cc2cccs2)cc1. The van der Waals surface area contributed by atoms with Gasteiger partial charge in [0.25, 0.3) is 5.91 Å². The van der Waals surface area contributed by atoms with E-state index in [-0.39, 0.29) is 24.3 Å². The maximum atomic E-state index is 11.9. The van der Waals surface area contributed by atoms with Crippen LogP contribution >= 0.6 is 11.3 Å². The van der Waals surface area contributed by atoms with Crippen LogP contribution in [0.4, 0.5) is 0 Å². The zero-order valence-electron chi connectivity index (χ0n) is 13.4. The fourth-order valence-corrected chi connectivity index (χ4v) is 3.02. The van der Waals surface area contributed by atoms with Gasteiger partial charge in [-0.3, -0.25) is 9.59 Å². The van der Waals surface area contributed by atoms with Crippen molar-refractivity contribution in [1.29, 1.82) is 0 Å². The molecule has 1 atom stereocenters. The standard InChI is InChI=1S/C18H21NO3S/c1-3-17(20)14-6-8-15(9-7-14)22-12-18(21)19-13(2)11-16-5-4-10-23-16/h4-10,13H,3,11-12H2,1-2H3,(H,19,21)/t13-/m1/s1. The van der Waals surface area contributed by atoms with E-state index in [9.17, 15) is 9.59 Å². The lowest BCUT2D eigenvalue weighted by Gasteiger charge is -2.13. The van der Waals surface area contributed by atoms with E-state index in [0.717, 1.165) is 6.42 Å². The molecule has 1 amide bonds. The molecule has 0 aliphatic rings. The van der Waals surface area contributed by atoms with Gasteiger partial charge >= 0.3 is 0 Å². The number of rotatable bonds is 8. The van der Waals surface area contributed by atoms with E-state index in [4.69, 9.17) is 4.74 Å². The van der Waals surface area contributed by atoms with Gasteiger partial charge in [0.1, 0.15) is 5.75 Å². The van der Waals surface area contributed by atoms with Crippen LogP contribution in [0.1, 0.15) is 35.5 Å². The second-order valence-corrected chi connectivity index (χ2v) is 6.37. The molecule has 1 N–H and O–H groups in total. The monoisotopic (exact) mass is 331 g/mol. The fraction of sp³-hybridized carbons (Fsp3) is 0.333. The van der Waals surface area contributed by atoms with Crippen molar-refractivity contribution in [2.24, 2.45) is 0 Å². The van der Waals surface area contributed by atoms with E-state index < -0.39 is 0 Å². The van der Waals surface area contributed by atoms with Crippen LogP contribution in [0.5, 0.6) is 5.75 Å². The number of carbonyl (C=O) groups excluding carboxylic acids is 2. The first-order valence-corrected chi connectivity index (χ1v) is 8.54. The first-order valence-electron chi connectivity index (χ1n) is 7.66. The zero-order chi connectivity index (χ0) is 16.7. The number of ether oxygens (including phenoxy) is 1. The van der Waals surface area contributed by atoms with Gasteiger partial charge in [-0.05, 0) is 42.6 Å². The van der Waals surface area contributed by atoms with Crippen LogP contribution in [-0.4, -0.2) is 24.3 Å². The smallest absolute Gasteiger partial charge is 0.258 e. The number of benzene rings is 1. The van der Waals surface area contributed by atoms with Crippen LogP contribution in [0.25, 0.3) is 0 Å². The van der Waals surface area contributed by atoms with Crippen LogP contribution < -0.4 is 10.1 Å². The molecule has 1 heterocycles. The van der Waals surface area contributed by atoms with E-state index in [1.165, 1.54) is 4.88 Å². The number of amides is 1. The quantitative estimate of drug-likeness (QED) is 0.754. The first kappa shape index (κ1) is 17.2. The van der Waals surface area contributed by atoms with Crippen molar-refractivity contribution in [3.63, 3.8) is 0 Å². The van der Waals surface area contributed by atoms with Gasteiger partial charge in [-0.2, -0.15) is 0 Å². The summed E-state index contributed by atoms with van der Waals surface area (Å²) < 4.78 is 5.45. The molecule has 1 aromatic carbocycles. The highest BCUT2D eigenvalue weighted by molar-refractivity contribution is 7.09. The molecule has 0 aliphatic carbocycles. The molecule has 0 saturated carbocycles. The summed E-state index contributed by atoms with van der Waals surface area (Å²) in [5, 5.41) is 4.94. The number of thiophene rings is 1. The Kier molecular flexibility index (Phi) is 6.35. The number of hydrogen-bond donors (Lipinski definition) is 1. The Labute approximate surface area is 140 Å². The van der Waals surface area contributed by atoms with Crippen molar-refractivity contribution < 1.29 is 14.3 Å². The van der Waals surface area contributed by atoms with Crippen LogP contribution in [0.2, 0.25) is 0 Å².